The van der Waals surface area contributed by atoms with Crippen LogP contribution in [0.1, 0.15) is 10.5 Å². The van der Waals surface area contributed by atoms with Gasteiger partial charge in [0.1, 0.15) is 11.4 Å². The molecule has 1 N–H and O–H groups in total. The largest absolute Gasteiger partial charge is 0.497 e. The molecule has 0 aliphatic heterocycles. The van der Waals surface area contributed by atoms with Gasteiger partial charge in [-0.25, -0.2) is 4.98 Å². The van der Waals surface area contributed by atoms with Crippen LogP contribution in [-0.4, -0.2) is 18.0 Å². The van der Waals surface area contributed by atoms with Gasteiger partial charge in [0.05, 0.1) is 17.8 Å². The fourth-order valence-corrected chi connectivity index (χ4v) is 1.88. The summed E-state index contributed by atoms with van der Waals surface area (Å²) in [5.41, 5.74) is 0.903. The molecule has 1 aromatic heterocycles. The third kappa shape index (κ3) is 3.45. The number of hydrogen-bond acceptors (Lipinski definition) is 3. The summed E-state index contributed by atoms with van der Waals surface area (Å²) in [6, 6.07) is 8.48. The molecule has 0 unspecified atom stereocenters. The van der Waals surface area contributed by atoms with E-state index in [1.54, 1.807) is 37.4 Å². The number of aromatic nitrogens is 1. The molecule has 0 aliphatic carbocycles. The Morgan fingerprint density at radius 1 is 1.37 bits per heavy atom. The third-order valence-corrected chi connectivity index (χ3v) is 3.30. The highest BCUT2D eigenvalue weighted by Crippen LogP contribution is 2.27. The van der Waals surface area contributed by atoms with Gasteiger partial charge in [0.15, 0.2) is 0 Å². The van der Waals surface area contributed by atoms with E-state index in [-0.39, 0.29) is 5.91 Å². The SMILES string of the molecule is COc1ccc(Br)c(NC(=O)c2ccc(Cl)cn2)c1. The molecule has 0 bridgehead atoms. The summed E-state index contributed by atoms with van der Waals surface area (Å²) in [6.45, 7) is 0. The van der Waals surface area contributed by atoms with E-state index in [9.17, 15) is 4.79 Å². The molecule has 1 aromatic carbocycles. The Labute approximate surface area is 123 Å². The summed E-state index contributed by atoms with van der Waals surface area (Å²) in [5.74, 6) is 0.341. The van der Waals surface area contributed by atoms with Crippen molar-refractivity contribution in [1.82, 2.24) is 4.98 Å². The lowest BCUT2D eigenvalue weighted by Gasteiger charge is -2.09. The van der Waals surface area contributed by atoms with Crippen molar-refractivity contribution in [1.29, 1.82) is 0 Å². The zero-order valence-electron chi connectivity index (χ0n) is 9.98. The van der Waals surface area contributed by atoms with E-state index in [2.05, 4.69) is 26.2 Å². The normalized spacial score (nSPS) is 10.1. The van der Waals surface area contributed by atoms with Crippen LogP contribution in [0.2, 0.25) is 5.02 Å². The van der Waals surface area contributed by atoms with Crippen molar-refractivity contribution < 1.29 is 9.53 Å². The van der Waals surface area contributed by atoms with Gasteiger partial charge in [0.2, 0.25) is 0 Å². The van der Waals surface area contributed by atoms with Crippen molar-refractivity contribution in [2.24, 2.45) is 0 Å². The first-order valence-corrected chi connectivity index (χ1v) is 6.53. The predicted octanol–water partition coefficient (Wildman–Crippen LogP) is 3.76. The van der Waals surface area contributed by atoms with Crippen LogP contribution >= 0.6 is 27.5 Å². The molecule has 4 nitrogen and oxygen atoms in total. The zero-order valence-corrected chi connectivity index (χ0v) is 12.3. The zero-order chi connectivity index (χ0) is 13.8. The first kappa shape index (κ1) is 13.8. The van der Waals surface area contributed by atoms with Gasteiger partial charge in [-0.2, -0.15) is 0 Å². The number of amides is 1. The number of anilines is 1. The van der Waals surface area contributed by atoms with E-state index in [0.29, 0.717) is 22.2 Å². The minimum absolute atomic E-state index is 0.291. The molecular formula is C13H10BrClN2O2. The quantitative estimate of drug-likeness (QED) is 0.925. The number of benzene rings is 1. The van der Waals surface area contributed by atoms with E-state index in [1.807, 2.05) is 0 Å². The lowest BCUT2D eigenvalue weighted by atomic mass is 10.2. The van der Waals surface area contributed by atoms with E-state index in [4.69, 9.17) is 16.3 Å². The van der Waals surface area contributed by atoms with Gasteiger partial charge < -0.3 is 10.1 Å². The number of halogens is 2. The molecule has 0 fully saturated rings. The van der Waals surface area contributed by atoms with Crippen LogP contribution in [0.15, 0.2) is 41.0 Å². The maximum atomic E-state index is 12.0. The van der Waals surface area contributed by atoms with Gasteiger partial charge >= 0.3 is 0 Å². The lowest BCUT2D eigenvalue weighted by Crippen LogP contribution is -2.13. The number of nitrogens with zero attached hydrogens (tertiary/aromatic N) is 1. The van der Waals surface area contributed by atoms with E-state index >= 15 is 0 Å². The van der Waals surface area contributed by atoms with Gasteiger partial charge in [-0.15, -0.1) is 0 Å². The van der Waals surface area contributed by atoms with Crippen molar-refractivity contribution >= 4 is 39.1 Å². The Morgan fingerprint density at radius 3 is 2.79 bits per heavy atom. The lowest BCUT2D eigenvalue weighted by molar-refractivity contribution is 0.102. The molecule has 0 atom stereocenters. The van der Waals surface area contributed by atoms with Gasteiger partial charge in [0, 0.05) is 16.7 Å². The molecule has 6 heteroatoms. The number of nitrogens with one attached hydrogen (secondary N) is 1. The van der Waals surface area contributed by atoms with Gasteiger partial charge in [-0.3, -0.25) is 4.79 Å². The minimum atomic E-state index is -0.314. The molecule has 0 radical (unpaired) electrons. The summed E-state index contributed by atoms with van der Waals surface area (Å²) < 4.78 is 5.87. The first-order valence-electron chi connectivity index (χ1n) is 5.36. The summed E-state index contributed by atoms with van der Waals surface area (Å²) in [7, 11) is 1.57. The second-order valence-electron chi connectivity index (χ2n) is 3.66. The Bertz CT molecular complexity index is 602. The van der Waals surface area contributed by atoms with Crippen LogP contribution in [0, 0.1) is 0 Å². The smallest absolute Gasteiger partial charge is 0.274 e. The monoisotopic (exact) mass is 340 g/mol. The number of rotatable bonds is 3. The Hall–Kier alpha value is -1.59. The van der Waals surface area contributed by atoms with Crippen LogP contribution in [0.5, 0.6) is 5.75 Å². The van der Waals surface area contributed by atoms with Crippen molar-refractivity contribution in [2.75, 3.05) is 12.4 Å². The fourth-order valence-electron chi connectivity index (χ4n) is 1.42. The molecule has 98 valence electrons. The van der Waals surface area contributed by atoms with E-state index in [1.165, 1.54) is 6.20 Å². The second-order valence-corrected chi connectivity index (χ2v) is 4.95. The van der Waals surface area contributed by atoms with Crippen molar-refractivity contribution in [3.8, 4) is 5.75 Å². The molecule has 1 heterocycles. The van der Waals surface area contributed by atoms with Crippen LogP contribution in [0.3, 0.4) is 0 Å². The number of ether oxygens (including phenoxy) is 1. The number of hydrogen-bond donors (Lipinski definition) is 1. The van der Waals surface area contributed by atoms with Gasteiger partial charge in [0.25, 0.3) is 5.91 Å². The molecular weight excluding hydrogens is 332 g/mol. The van der Waals surface area contributed by atoms with E-state index < -0.39 is 0 Å². The highest BCUT2D eigenvalue weighted by molar-refractivity contribution is 9.10. The number of methoxy groups -OCH3 is 1. The summed E-state index contributed by atoms with van der Waals surface area (Å²) in [5, 5.41) is 3.23. The predicted molar refractivity (Wildman–Crippen MR) is 77.9 cm³/mol. The van der Waals surface area contributed by atoms with Crippen LogP contribution in [-0.2, 0) is 0 Å². The molecule has 19 heavy (non-hydrogen) atoms. The number of pyridine rings is 1. The number of carbonyl (C=O) groups excluding carboxylic acids is 1. The summed E-state index contributed by atoms with van der Waals surface area (Å²) in [4.78, 5) is 16.0. The standard InChI is InChI=1S/C13H10BrClN2O2/c1-19-9-3-4-10(14)12(6-9)17-13(18)11-5-2-8(15)7-16-11/h2-7H,1H3,(H,17,18). The highest BCUT2D eigenvalue weighted by atomic mass is 79.9. The van der Waals surface area contributed by atoms with Crippen LogP contribution in [0.4, 0.5) is 5.69 Å². The molecule has 1 amide bonds. The second kappa shape index (κ2) is 6.04. The van der Waals surface area contributed by atoms with Crippen molar-refractivity contribution in [3.63, 3.8) is 0 Å². The fraction of sp³-hybridized carbons (Fsp3) is 0.0769. The summed E-state index contributed by atoms with van der Waals surface area (Å²) in [6.07, 6.45) is 1.43. The molecule has 2 aromatic rings. The topological polar surface area (TPSA) is 51.2 Å². The average Bonchev–Trinajstić information content (AvgIpc) is 2.42. The average molecular weight is 342 g/mol. The molecule has 0 spiro atoms. The molecule has 0 saturated carbocycles. The van der Waals surface area contributed by atoms with Crippen LogP contribution < -0.4 is 10.1 Å². The van der Waals surface area contributed by atoms with Gasteiger partial charge in [-0.05, 0) is 40.2 Å². The first-order chi connectivity index (χ1) is 9.10. The Kier molecular flexibility index (Phi) is 4.39. The van der Waals surface area contributed by atoms with Crippen molar-refractivity contribution in [2.45, 2.75) is 0 Å². The summed E-state index contributed by atoms with van der Waals surface area (Å²) >= 11 is 9.08. The Balaban J connectivity index is 2.21. The third-order valence-electron chi connectivity index (χ3n) is 2.38. The van der Waals surface area contributed by atoms with Gasteiger partial charge in [-0.1, -0.05) is 11.6 Å². The maximum Gasteiger partial charge on any atom is 0.274 e. The molecule has 2 rings (SSSR count). The minimum Gasteiger partial charge on any atom is -0.497 e. The van der Waals surface area contributed by atoms with E-state index in [0.717, 1.165) is 4.47 Å². The number of carbonyl (C=O) groups is 1. The van der Waals surface area contributed by atoms with Crippen LogP contribution in [0.25, 0.3) is 0 Å². The molecule has 0 aliphatic rings. The maximum absolute atomic E-state index is 12.0. The van der Waals surface area contributed by atoms with Crippen molar-refractivity contribution in [3.05, 3.63) is 51.7 Å². The molecule has 0 saturated heterocycles. The Morgan fingerprint density at radius 2 is 2.16 bits per heavy atom. The highest BCUT2D eigenvalue weighted by Gasteiger charge is 2.10.